The molecule has 0 spiro atoms. The molecule has 152 valence electrons. The molecule has 1 aliphatic carbocycles. The van der Waals surface area contributed by atoms with Crippen molar-refractivity contribution in [3.63, 3.8) is 0 Å². The number of benzene rings is 1. The second-order valence-corrected chi connectivity index (χ2v) is 9.48. The highest BCUT2D eigenvalue weighted by molar-refractivity contribution is 5.46. The van der Waals surface area contributed by atoms with E-state index >= 15 is 0 Å². The van der Waals surface area contributed by atoms with E-state index in [1.165, 1.54) is 11.3 Å². The van der Waals surface area contributed by atoms with Crippen LogP contribution in [0.1, 0.15) is 69.7 Å². The normalized spacial score (nSPS) is 18.5. The van der Waals surface area contributed by atoms with Crippen LogP contribution in [0.2, 0.25) is 0 Å². The molecule has 5 heteroatoms. The van der Waals surface area contributed by atoms with Gasteiger partial charge >= 0.3 is 0 Å². The van der Waals surface area contributed by atoms with Crippen molar-refractivity contribution < 1.29 is 9.47 Å². The van der Waals surface area contributed by atoms with Gasteiger partial charge in [0.1, 0.15) is 5.82 Å². The molecule has 1 heterocycles. The second kappa shape index (κ2) is 7.70. The lowest BCUT2D eigenvalue weighted by Crippen LogP contribution is -2.35. The summed E-state index contributed by atoms with van der Waals surface area (Å²) in [6.45, 7) is 11.8. The van der Waals surface area contributed by atoms with Gasteiger partial charge in [0, 0.05) is 41.0 Å². The third kappa shape index (κ3) is 4.30. The first-order valence-corrected chi connectivity index (χ1v) is 9.94. The van der Waals surface area contributed by atoms with Crippen LogP contribution in [0.25, 0.3) is 0 Å². The van der Waals surface area contributed by atoms with E-state index in [2.05, 4.69) is 51.0 Å². The zero-order chi connectivity index (χ0) is 20.5. The van der Waals surface area contributed by atoms with Gasteiger partial charge in [0.05, 0.1) is 14.2 Å². The van der Waals surface area contributed by atoms with Gasteiger partial charge in [-0.25, -0.2) is 9.97 Å². The number of rotatable bonds is 5. The van der Waals surface area contributed by atoms with Gasteiger partial charge in [0.25, 0.3) is 0 Å². The van der Waals surface area contributed by atoms with Gasteiger partial charge in [-0.15, -0.1) is 0 Å². The lowest BCUT2D eigenvalue weighted by Gasteiger charge is -2.37. The van der Waals surface area contributed by atoms with E-state index in [0.29, 0.717) is 6.54 Å². The van der Waals surface area contributed by atoms with Crippen molar-refractivity contribution >= 4 is 0 Å². The second-order valence-electron chi connectivity index (χ2n) is 9.48. The maximum atomic E-state index is 5.58. The fourth-order valence-corrected chi connectivity index (χ4v) is 3.92. The predicted octanol–water partition coefficient (Wildman–Crippen LogP) is 4.59. The molecule has 1 N–H and O–H groups in total. The van der Waals surface area contributed by atoms with Crippen molar-refractivity contribution in [3.05, 3.63) is 47.0 Å². The van der Waals surface area contributed by atoms with Gasteiger partial charge in [0.2, 0.25) is 0 Å². The summed E-state index contributed by atoms with van der Waals surface area (Å²) >= 11 is 0. The number of nitrogens with one attached hydrogen (secondary N) is 1. The Hall–Kier alpha value is -2.14. The van der Waals surface area contributed by atoms with Crippen molar-refractivity contribution in [1.29, 1.82) is 0 Å². The molecule has 3 rings (SSSR count). The summed E-state index contributed by atoms with van der Waals surface area (Å²) in [4.78, 5) is 9.63. The van der Waals surface area contributed by atoms with Crippen molar-refractivity contribution in [2.45, 2.75) is 65.5 Å². The molecule has 0 fully saturated rings. The number of hydrogen-bond acceptors (Lipinski definition) is 5. The van der Waals surface area contributed by atoms with E-state index in [1.807, 2.05) is 18.3 Å². The van der Waals surface area contributed by atoms with Gasteiger partial charge in [0.15, 0.2) is 11.5 Å². The number of fused-ring (bicyclic) bond motifs is 1. The summed E-state index contributed by atoms with van der Waals surface area (Å²) < 4.78 is 11.0. The predicted molar refractivity (Wildman–Crippen MR) is 112 cm³/mol. The number of ether oxygens (including phenoxy) is 2. The largest absolute Gasteiger partial charge is 0.493 e. The minimum Gasteiger partial charge on any atom is -0.493 e. The molecule has 0 radical (unpaired) electrons. The summed E-state index contributed by atoms with van der Waals surface area (Å²) in [6.07, 6.45) is 4.05. The maximum Gasteiger partial charge on any atom is 0.165 e. The summed E-state index contributed by atoms with van der Waals surface area (Å²) in [5.74, 6) is 2.45. The van der Waals surface area contributed by atoms with Crippen molar-refractivity contribution in [1.82, 2.24) is 15.3 Å². The van der Waals surface area contributed by atoms with Gasteiger partial charge in [-0.1, -0.05) is 46.8 Å². The van der Waals surface area contributed by atoms with Crippen molar-refractivity contribution in [2.75, 3.05) is 14.2 Å². The first-order valence-electron chi connectivity index (χ1n) is 9.94. The molecule has 2 aromatic rings. The number of aromatic nitrogens is 2. The van der Waals surface area contributed by atoms with Crippen molar-refractivity contribution in [3.8, 4) is 11.5 Å². The van der Waals surface area contributed by atoms with Crippen LogP contribution in [0.4, 0.5) is 0 Å². The Kier molecular flexibility index (Phi) is 5.67. The van der Waals surface area contributed by atoms with Crippen LogP contribution in [0.15, 0.2) is 24.4 Å². The molecule has 28 heavy (non-hydrogen) atoms. The average Bonchev–Trinajstić information content (AvgIpc) is 2.63. The van der Waals surface area contributed by atoms with Gasteiger partial charge in [-0.05, 0) is 24.3 Å². The fourth-order valence-electron chi connectivity index (χ4n) is 3.92. The monoisotopic (exact) mass is 383 g/mol. The van der Waals surface area contributed by atoms with Crippen LogP contribution in [0, 0.1) is 5.41 Å². The fraction of sp³-hybridized carbons (Fsp3) is 0.565. The molecule has 0 bridgehead atoms. The van der Waals surface area contributed by atoms with Crippen LogP contribution in [-0.2, 0) is 18.4 Å². The molecule has 1 aromatic heterocycles. The highest BCUT2D eigenvalue weighted by Crippen LogP contribution is 2.41. The molecular weight excluding hydrogens is 350 g/mol. The van der Waals surface area contributed by atoms with Gasteiger partial charge in [-0.3, -0.25) is 0 Å². The van der Waals surface area contributed by atoms with Crippen LogP contribution in [0.5, 0.6) is 11.5 Å². The summed E-state index contributed by atoms with van der Waals surface area (Å²) in [5, 5.41) is 3.72. The van der Waals surface area contributed by atoms with Gasteiger partial charge < -0.3 is 14.8 Å². The molecule has 0 aliphatic heterocycles. The summed E-state index contributed by atoms with van der Waals surface area (Å²) in [7, 11) is 3.35. The third-order valence-electron chi connectivity index (χ3n) is 5.37. The lowest BCUT2D eigenvalue weighted by atomic mass is 9.74. The Labute approximate surface area is 168 Å². The first kappa shape index (κ1) is 20.6. The molecule has 0 saturated heterocycles. The molecule has 0 amide bonds. The van der Waals surface area contributed by atoms with Crippen LogP contribution >= 0.6 is 0 Å². The molecule has 1 atom stereocenters. The average molecular weight is 384 g/mol. The van der Waals surface area contributed by atoms with E-state index in [-0.39, 0.29) is 16.9 Å². The number of para-hydroxylation sites is 1. The van der Waals surface area contributed by atoms with E-state index in [1.54, 1.807) is 14.2 Å². The van der Waals surface area contributed by atoms with Crippen LogP contribution in [-0.4, -0.2) is 24.2 Å². The van der Waals surface area contributed by atoms with E-state index in [9.17, 15) is 0 Å². The maximum absolute atomic E-state index is 5.58. The SMILES string of the molecule is COc1cccc(CNC2CC(C)(C)Cc3nc(C(C)(C)C)ncc32)c1OC. The molecule has 0 saturated carbocycles. The Bertz CT molecular complexity index is 840. The smallest absolute Gasteiger partial charge is 0.165 e. The molecule has 1 aliphatic rings. The minimum atomic E-state index is -0.0481. The Morgan fingerprint density at radius 2 is 1.93 bits per heavy atom. The van der Waals surface area contributed by atoms with Crippen molar-refractivity contribution in [2.24, 2.45) is 5.41 Å². The van der Waals surface area contributed by atoms with E-state index in [4.69, 9.17) is 14.5 Å². The Morgan fingerprint density at radius 3 is 2.57 bits per heavy atom. The molecule has 1 unspecified atom stereocenters. The molecular formula is C23H33N3O2. The molecule has 1 aromatic carbocycles. The topological polar surface area (TPSA) is 56.3 Å². The lowest BCUT2D eigenvalue weighted by molar-refractivity contribution is 0.250. The highest BCUT2D eigenvalue weighted by atomic mass is 16.5. The van der Waals surface area contributed by atoms with Gasteiger partial charge in [-0.2, -0.15) is 0 Å². The molecule has 5 nitrogen and oxygen atoms in total. The zero-order valence-corrected chi connectivity index (χ0v) is 18.2. The number of nitrogens with zero attached hydrogens (tertiary/aromatic N) is 2. The number of hydrogen-bond donors (Lipinski definition) is 1. The zero-order valence-electron chi connectivity index (χ0n) is 18.2. The highest BCUT2D eigenvalue weighted by Gasteiger charge is 2.34. The quantitative estimate of drug-likeness (QED) is 0.818. The minimum absolute atomic E-state index is 0.0481. The van der Waals surface area contributed by atoms with E-state index in [0.717, 1.165) is 35.7 Å². The Balaban J connectivity index is 1.88. The third-order valence-corrected chi connectivity index (χ3v) is 5.37. The first-order chi connectivity index (χ1) is 13.1. The van der Waals surface area contributed by atoms with Crippen LogP contribution in [0.3, 0.4) is 0 Å². The van der Waals surface area contributed by atoms with E-state index < -0.39 is 0 Å². The summed E-state index contributed by atoms with van der Waals surface area (Å²) in [6, 6.07) is 6.20. The Morgan fingerprint density at radius 1 is 1.18 bits per heavy atom. The summed E-state index contributed by atoms with van der Waals surface area (Å²) in [5.41, 5.74) is 3.61. The van der Waals surface area contributed by atoms with Crippen LogP contribution < -0.4 is 14.8 Å². The standard InChI is InChI=1S/C23H33N3O2/c1-22(2,3)21-25-14-16-17(11-23(4,5)12-18(16)26-21)24-13-15-9-8-10-19(27-6)20(15)28-7/h8-10,14,17,24H,11-13H2,1-7H3. The number of methoxy groups -OCH3 is 2.